The summed E-state index contributed by atoms with van der Waals surface area (Å²) in [7, 11) is 0. The molecule has 2 rings (SSSR count). The summed E-state index contributed by atoms with van der Waals surface area (Å²) in [4.78, 5) is 13.9. The first-order chi connectivity index (χ1) is 10.3. The number of hydrogen-bond donors (Lipinski definition) is 0. The quantitative estimate of drug-likeness (QED) is 0.807. The van der Waals surface area contributed by atoms with Crippen LogP contribution in [0, 0.1) is 5.92 Å². The Bertz CT molecular complexity index is 519. The van der Waals surface area contributed by atoms with Crippen molar-refractivity contribution in [2.75, 3.05) is 13.1 Å². The molecule has 0 aromatic heterocycles. The number of halogens is 3. The fraction of sp³-hybridized carbons (Fsp3) is 0.588. The largest absolute Gasteiger partial charge is 0.416 e. The number of alkyl halides is 3. The zero-order valence-electron chi connectivity index (χ0n) is 13.0. The molecule has 2 nitrogen and oxygen atoms in total. The van der Waals surface area contributed by atoms with Gasteiger partial charge in [-0.25, -0.2) is 0 Å². The Balaban J connectivity index is 2.08. The number of likely N-dealkylation sites (tertiary alicyclic amines) is 1. The monoisotopic (exact) mass is 313 g/mol. The highest BCUT2D eigenvalue weighted by Gasteiger charge is 2.36. The number of amides is 1. The topological polar surface area (TPSA) is 20.3 Å². The van der Waals surface area contributed by atoms with Crippen LogP contribution in [0.4, 0.5) is 13.2 Å². The molecule has 0 aliphatic carbocycles. The number of carbonyl (C=O) groups excluding carboxylic acids is 1. The van der Waals surface area contributed by atoms with Gasteiger partial charge in [0.05, 0.1) is 5.56 Å². The van der Waals surface area contributed by atoms with Gasteiger partial charge in [0.15, 0.2) is 0 Å². The van der Waals surface area contributed by atoms with Gasteiger partial charge < -0.3 is 4.90 Å². The SMILES string of the molecule is CCC(C)C(=O)N1CCC(c2ccccc2C(F)(F)F)CC1. The molecule has 1 fully saturated rings. The molecule has 1 aromatic rings. The fourth-order valence-corrected chi connectivity index (χ4v) is 3.01. The average molecular weight is 313 g/mol. The van der Waals surface area contributed by atoms with Crippen LogP contribution in [0.2, 0.25) is 0 Å². The highest BCUT2D eigenvalue weighted by molar-refractivity contribution is 5.78. The summed E-state index contributed by atoms with van der Waals surface area (Å²) in [6.45, 7) is 4.95. The van der Waals surface area contributed by atoms with Crippen molar-refractivity contribution in [3.63, 3.8) is 0 Å². The van der Waals surface area contributed by atoms with E-state index >= 15 is 0 Å². The molecule has 1 atom stereocenters. The first-order valence-electron chi connectivity index (χ1n) is 7.79. The zero-order valence-corrected chi connectivity index (χ0v) is 13.0. The van der Waals surface area contributed by atoms with Crippen molar-refractivity contribution in [2.45, 2.75) is 45.2 Å². The molecule has 1 aliphatic heterocycles. The smallest absolute Gasteiger partial charge is 0.342 e. The normalized spacial score (nSPS) is 18.3. The van der Waals surface area contributed by atoms with Gasteiger partial charge in [0, 0.05) is 19.0 Å². The van der Waals surface area contributed by atoms with Crippen LogP contribution >= 0.6 is 0 Å². The van der Waals surface area contributed by atoms with E-state index in [0.717, 1.165) is 12.5 Å². The third-order valence-corrected chi connectivity index (χ3v) is 4.55. The molecular weight excluding hydrogens is 291 g/mol. The molecule has 0 saturated carbocycles. The minimum Gasteiger partial charge on any atom is -0.342 e. The summed E-state index contributed by atoms with van der Waals surface area (Å²) in [5.41, 5.74) is -0.174. The second-order valence-electron chi connectivity index (χ2n) is 5.99. The predicted molar refractivity (Wildman–Crippen MR) is 79.5 cm³/mol. The lowest BCUT2D eigenvalue weighted by atomic mass is 9.86. The number of benzene rings is 1. The van der Waals surface area contributed by atoms with E-state index in [9.17, 15) is 18.0 Å². The molecule has 0 N–H and O–H groups in total. The standard InChI is InChI=1S/C17H22F3NO/c1-3-12(2)16(22)21-10-8-13(9-11-21)14-6-4-5-7-15(14)17(18,19)20/h4-7,12-13H,3,8-11H2,1-2H3. The van der Waals surface area contributed by atoms with E-state index in [4.69, 9.17) is 0 Å². The molecule has 1 aromatic carbocycles. The Hall–Kier alpha value is -1.52. The van der Waals surface area contributed by atoms with Gasteiger partial charge in [0.1, 0.15) is 0 Å². The van der Waals surface area contributed by atoms with Gasteiger partial charge in [-0.1, -0.05) is 32.0 Å². The Morgan fingerprint density at radius 2 is 1.86 bits per heavy atom. The highest BCUT2D eigenvalue weighted by Crippen LogP contribution is 2.38. The third kappa shape index (κ3) is 3.62. The number of rotatable bonds is 3. The van der Waals surface area contributed by atoms with Crippen LogP contribution in [0.15, 0.2) is 24.3 Å². The molecule has 5 heteroatoms. The number of nitrogens with zero attached hydrogens (tertiary/aromatic N) is 1. The van der Waals surface area contributed by atoms with Gasteiger partial charge in [0.2, 0.25) is 5.91 Å². The molecule has 0 radical (unpaired) electrons. The van der Waals surface area contributed by atoms with E-state index in [2.05, 4.69) is 0 Å². The summed E-state index contributed by atoms with van der Waals surface area (Å²) >= 11 is 0. The van der Waals surface area contributed by atoms with Gasteiger partial charge >= 0.3 is 6.18 Å². The first kappa shape index (κ1) is 16.8. The second kappa shape index (κ2) is 6.71. The zero-order chi connectivity index (χ0) is 16.3. The minimum absolute atomic E-state index is 0.0148. The molecule has 122 valence electrons. The minimum atomic E-state index is -4.32. The third-order valence-electron chi connectivity index (χ3n) is 4.55. The highest BCUT2D eigenvalue weighted by atomic mass is 19.4. The van der Waals surface area contributed by atoms with Gasteiger partial charge in [-0.15, -0.1) is 0 Å². The van der Waals surface area contributed by atoms with Crippen molar-refractivity contribution in [3.05, 3.63) is 35.4 Å². The molecule has 1 amide bonds. The Morgan fingerprint density at radius 1 is 1.27 bits per heavy atom. The molecule has 1 heterocycles. The van der Waals surface area contributed by atoms with Gasteiger partial charge in [0.25, 0.3) is 0 Å². The van der Waals surface area contributed by atoms with E-state index in [1.807, 2.05) is 13.8 Å². The summed E-state index contributed by atoms with van der Waals surface area (Å²) in [5.74, 6) is -0.0251. The maximum atomic E-state index is 13.1. The average Bonchev–Trinajstić information content (AvgIpc) is 2.52. The number of carbonyl (C=O) groups is 1. The molecule has 0 bridgehead atoms. The van der Waals surface area contributed by atoms with Gasteiger partial charge in [-0.3, -0.25) is 4.79 Å². The lowest BCUT2D eigenvalue weighted by Crippen LogP contribution is -2.40. The van der Waals surface area contributed by atoms with E-state index in [0.29, 0.717) is 31.5 Å². The molecule has 1 unspecified atom stereocenters. The maximum Gasteiger partial charge on any atom is 0.416 e. The Labute approximate surface area is 129 Å². The molecular formula is C17H22F3NO. The Kier molecular flexibility index (Phi) is 5.14. The lowest BCUT2D eigenvalue weighted by Gasteiger charge is -2.34. The second-order valence-corrected chi connectivity index (χ2v) is 5.99. The van der Waals surface area contributed by atoms with E-state index in [1.54, 1.807) is 17.0 Å². The summed E-state index contributed by atoms with van der Waals surface area (Å²) < 4.78 is 39.3. The van der Waals surface area contributed by atoms with E-state index < -0.39 is 11.7 Å². The summed E-state index contributed by atoms with van der Waals surface area (Å²) in [5, 5.41) is 0. The molecule has 1 saturated heterocycles. The van der Waals surface area contributed by atoms with Crippen LogP contribution in [0.25, 0.3) is 0 Å². The van der Waals surface area contributed by atoms with Gasteiger partial charge in [-0.2, -0.15) is 13.2 Å². The van der Waals surface area contributed by atoms with Crippen LogP contribution < -0.4 is 0 Å². The van der Waals surface area contributed by atoms with E-state index in [1.165, 1.54) is 6.07 Å². The van der Waals surface area contributed by atoms with Crippen molar-refractivity contribution >= 4 is 5.91 Å². The summed E-state index contributed by atoms with van der Waals surface area (Å²) in [6, 6.07) is 5.79. The number of hydrogen-bond acceptors (Lipinski definition) is 1. The maximum absolute atomic E-state index is 13.1. The van der Waals surface area contributed by atoms with Crippen molar-refractivity contribution in [3.8, 4) is 0 Å². The number of piperidine rings is 1. The predicted octanol–water partition coefficient (Wildman–Crippen LogP) is 4.46. The van der Waals surface area contributed by atoms with Crippen LogP contribution in [-0.4, -0.2) is 23.9 Å². The molecule has 0 spiro atoms. The lowest BCUT2D eigenvalue weighted by molar-refractivity contribution is -0.139. The first-order valence-corrected chi connectivity index (χ1v) is 7.79. The van der Waals surface area contributed by atoms with E-state index in [-0.39, 0.29) is 17.7 Å². The van der Waals surface area contributed by atoms with Crippen molar-refractivity contribution in [1.29, 1.82) is 0 Å². The summed E-state index contributed by atoms with van der Waals surface area (Å²) in [6.07, 6.45) is -2.35. The van der Waals surface area contributed by atoms with Crippen LogP contribution in [-0.2, 0) is 11.0 Å². The van der Waals surface area contributed by atoms with Crippen molar-refractivity contribution < 1.29 is 18.0 Å². The fourth-order valence-electron chi connectivity index (χ4n) is 3.01. The van der Waals surface area contributed by atoms with Crippen LogP contribution in [0.5, 0.6) is 0 Å². The van der Waals surface area contributed by atoms with Crippen LogP contribution in [0.3, 0.4) is 0 Å². The van der Waals surface area contributed by atoms with Crippen molar-refractivity contribution in [1.82, 2.24) is 4.90 Å². The van der Waals surface area contributed by atoms with Crippen LogP contribution in [0.1, 0.15) is 50.2 Å². The molecule has 1 aliphatic rings. The van der Waals surface area contributed by atoms with Crippen molar-refractivity contribution in [2.24, 2.45) is 5.92 Å². The van der Waals surface area contributed by atoms with Gasteiger partial charge in [-0.05, 0) is 36.8 Å². The Morgan fingerprint density at radius 3 is 2.41 bits per heavy atom. The molecule has 22 heavy (non-hydrogen) atoms.